The fraction of sp³-hybridized carbons (Fsp3) is 0.391. The van der Waals surface area contributed by atoms with E-state index in [1.165, 1.54) is 0 Å². The maximum absolute atomic E-state index is 14.3. The Kier molecular flexibility index (Phi) is 7.14. The van der Waals surface area contributed by atoms with E-state index >= 15 is 0 Å². The number of hydrogen-bond acceptors (Lipinski definition) is 2. The Morgan fingerprint density at radius 1 is 1.26 bits per heavy atom. The van der Waals surface area contributed by atoms with E-state index in [1.807, 2.05) is 11.1 Å². The average Bonchev–Trinajstić information content (AvgIpc) is 2.64. The highest BCUT2D eigenvalue weighted by Gasteiger charge is 2.33. The Morgan fingerprint density at radius 2 is 1.96 bits per heavy atom. The van der Waals surface area contributed by atoms with E-state index in [2.05, 4.69) is 51.9 Å². The van der Waals surface area contributed by atoms with E-state index in [0.717, 1.165) is 47.9 Å². The van der Waals surface area contributed by atoms with Crippen molar-refractivity contribution in [3.05, 3.63) is 83.1 Å². The molecule has 0 aromatic heterocycles. The lowest BCUT2D eigenvalue weighted by Crippen LogP contribution is -2.51. The molecule has 2 nitrogen and oxygen atoms in total. The third-order valence-corrected chi connectivity index (χ3v) is 5.03. The van der Waals surface area contributed by atoms with Gasteiger partial charge in [0.05, 0.1) is 18.3 Å². The summed E-state index contributed by atoms with van der Waals surface area (Å²) < 4.78 is 28.0. The second-order valence-corrected chi connectivity index (χ2v) is 6.89. The quantitative estimate of drug-likeness (QED) is 0.566. The van der Waals surface area contributed by atoms with Gasteiger partial charge < -0.3 is 5.01 Å². The van der Waals surface area contributed by atoms with E-state index in [4.69, 9.17) is 0 Å². The van der Waals surface area contributed by atoms with Crippen molar-refractivity contribution in [2.24, 2.45) is 0 Å². The molecule has 0 amide bonds. The Labute approximate surface area is 162 Å². The highest BCUT2D eigenvalue weighted by Crippen LogP contribution is 2.37. The van der Waals surface area contributed by atoms with Gasteiger partial charge in [0.2, 0.25) is 0 Å². The molecule has 0 saturated heterocycles. The van der Waals surface area contributed by atoms with Crippen molar-refractivity contribution in [3.63, 3.8) is 0 Å². The topological polar surface area (TPSA) is 6.48 Å². The molecule has 146 valence electrons. The van der Waals surface area contributed by atoms with Gasteiger partial charge in [0.1, 0.15) is 0 Å². The van der Waals surface area contributed by atoms with Gasteiger partial charge in [-0.15, -0.1) is 0 Å². The largest absolute Gasteiger partial charge is 0.301 e. The summed E-state index contributed by atoms with van der Waals surface area (Å²) in [5.41, 5.74) is 4.41. The van der Waals surface area contributed by atoms with Crippen LogP contribution < -0.4 is 0 Å². The molecule has 1 atom stereocenters. The molecule has 1 heterocycles. The van der Waals surface area contributed by atoms with Gasteiger partial charge in [-0.1, -0.05) is 51.3 Å². The molecular formula is C23H30F2N2. The monoisotopic (exact) mass is 372 g/mol. The van der Waals surface area contributed by atoms with Gasteiger partial charge in [-0.25, -0.2) is 13.8 Å². The van der Waals surface area contributed by atoms with E-state index in [9.17, 15) is 8.78 Å². The number of hydrogen-bond donors (Lipinski definition) is 0. The molecule has 1 aliphatic rings. The minimum absolute atomic E-state index is 0.0692. The number of allylic oxidation sites excluding steroid dienone is 2. The summed E-state index contributed by atoms with van der Waals surface area (Å²) in [4.78, 5) is 0. The Hall–Kier alpha value is -2.20. The van der Waals surface area contributed by atoms with Crippen LogP contribution in [0.4, 0.5) is 8.78 Å². The molecule has 2 rings (SSSR count). The SMILES string of the molecule is C=CC1=C(/C(C)=C\CC)C(=C)N(Cc2cccc(F)c2F)N(CCC)C1C. The number of rotatable bonds is 7. The predicted molar refractivity (Wildman–Crippen MR) is 109 cm³/mol. The number of hydrazine groups is 1. The molecule has 1 aliphatic heterocycles. The molecule has 1 unspecified atom stereocenters. The summed E-state index contributed by atoms with van der Waals surface area (Å²) in [6.07, 6.45) is 5.90. The Morgan fingerprint density at radius 3 is 2.56 bits per heavy atom. The number of nitrogens with zero attached hydrogens (tertiary/aromatic N) is 2. The molecule has 0 N–H and O–H groups in total. The molecular weight excluding hydrogens is 342 g/mol. The first-order chi connectivity index (χ1) is 12.9. The molecule has 0 aliphatic carbocycles. The van der Waals surface area contributed by atoms with E-state index in [1.54, 1.807) is 12.1 Å². The van der Waals surface area contributed by atoms with E-state index < -0.39 is 11.6 Å². The zero-order valence-electron chi connectivity index (χ0n) is 16.9. The second kappa shape index (κ2) is 9.14. The molecule has 0 bridgehead atoms. The maximum atomic E-state index is 14.3. The molecule has 4 heteroatoms. The fourth-order valence-corrected chi connectivity index (χ4v) is 3.73. The summed E-state index contributed by atoms with van der Waals surface area (Å²) in [6.45, 7) is 17.7. The smallest absolute Gasteiger partial charge is 0.163 e. The lowest BCUT2D eigenvalue weighted by atomic mass is 9.90. The van der Waals surface area contributed by atoms with Gasteiger partial charge in [0.15, 0.2) is 11.6 Å². The highest BCUT2D eigenvalue weighted by atomic mass is 19.2. The molecule has 27 heavy (non-hydrogen) atoms. The van der Waals surface area contributed by atoms with Gasteiger partial charge in [-0.2, -0.15) is 0 Å². The van der Waals surface area contributed by atoms with Crippen molar-refractivity contribution >= 4 is 0 Å². The summed E-state index contributed by atoms with van der Waals surface area (Å²) in [5.74, 6) is -1.62. The molecule has 1 aromatic carbocycles. The molecule has 0 saturated carbocycles. The van der Waals surface area contributed by atoms with Crippen LogP contribution in [0, 0.1) is 11.6 Å². The van der Waals surface area contributed by atoms with Crippen molar-refractivity contribution in [1.82, 2.24) is 10.0 Å². The van der Waals surface area contributed by atoms with Gasteiger partial charge in [0.25, 0.3) is 0 Å². The number of halogens is 2. The lowest BCUT2D eigenvalue weighted by Gasteiger charge is -2.47. The lowest BCUT2D eigenvalue weighted by molar-refractivity contribution is -0.0269. The van der Waals surface area contributed by atoms with Crippen LogP contribution in [-0.2, 0) is 6.54 Å². The maximum Gasteiger partial charge on any atom is 0.163 e. The second-order valence-electron chi connectivity index (χ2n) is 6.89. The zero-order valence-corrected chi connectivity index (χ0v) is 16.9. The van der Waals surface area contributed by atoms with Gasteiger partial charge >= 0.3 is 0 Å². The predicted octanol–water partition coefficient (Wildman–Crippen LogP) is 6.15. The van der Waals surface area contributed by atoms with Gasteiger partial charge in [0, 0.05) is 17.7 Å². The van der Waals surface area contributed by atoms with Crippen LogP contribution in [0.5, 0.6) is 0 Å². The van der Waals surface area contributed by atoms with E-state index in [-0.39, 0.29) is 12.6 Å². The first kappa shape index (κ1) is 21.1. The standard InChI is InChI=1S/C23H30F2N2/c1-7-11-16(4)22-18(6)27(15-19-12-10-13-21(24)23(19)25)26(14-8-2)17(5)20(22)9-3/h9-13,17H,3,6-8,14-15H2,1-2,4-5H3/b16-11-. The third-order valence-electron chi connectivity index (χ3n) is 5.03. The first-order valence-electron chi connectivity index (χ1n) is 9.57. The Bertz CT molecular complexity index is 777. The molecule has 0 spiro atoms. The molecule has 0 fully saturated rings. The van der Waals surface area contributed by atoms with Crippen molar-refractivity contribution in [1.29, 1.82) is 0 Å². The average molecular weight is 373 g/mol. The van der Waals surface area contributed by atoms with Gasteiger partial charge in [-0.05, 0) is 43.9 Å². The summed E-state index contributed by atoms with van der Waals surface area (Å²) >= 11 is 0. The minimum Gasteiger partial charge on any atom is -0.301 e. The summed E-state index contributed by atoms with van der Waals surface area (Å²) in [6, 6.07) is 4.38. The Balaban J connectivity index is 2.55. The van der Waals surface area contributed by atoms with Crippen LogP contribution in [0.3, 0.4) is 0 Å². The minimum atomic E-state index is -0.824. The summed E-state index contributed by atoms with van der Waals surface area (Å²) in [5, 5.41) is 4.16. The third kappa shape index (κ3) is 4.22. The summed E-state index contributed by atoms with van der Waals surface area (Å²) in [7, 11) is 0. The highest BCUT2D eigenvalue weighted by molar-refractivity contribution is 5.53. The van der Waals surface area contributed by atoms with Crippen LogP contribution in [0.2, 0.25) is 0 Å². The van der Waals surface area contributed by atoms with Gasteiger partial charge in [-0.3, -0.25) is 0 Å². The van der Waals surface area contributed by atoms with Crippen LogP contribution in [-0.4, -0.2) is 22.6 Å². The first-order valence-corrected chi connectivity index (χ1v) is 9.57. The van der Waals surface area contributed by atoms with Crippen molar-refractivity contribution < 1.29 is 8.78 Å². The molecule has 1 aromatic rings. The van der Waals surface area contributed by atoms with Crippen molar-refractivity contribution in [2.45, 2.75) is 53.1 Å². The molecule has 0 radical (unpaired) electrons. The number of benzene rings is 1. The van der Waals surface area contributed by atoms with Crippen LogP contribution in [0.25, 0.3) is 0 Å². The van der Waals surface area contributed by atoms with E-state index in [0.29, 0.717) is 5.56 Å². The van der Waals surface area contributed by atoms with Crippen LogP contribution >= 0.6 is 0 Å². The fourth-order valence-electron chi connectivity index (χ4n) is 3.73. The van der Waals surface area contributed by atoms with Crippen molar-refractivity contribution in [3.8, 4) is 0 Å². The zero-order chi connectivity index (χ0) is 20.1. The normalized spacial score (nSPS) is 19.0. The van der Waals surface area contributed by atoms with Crippen LogP contribution in [0.1, 0.15) is 46.1 Å². The van der Waals surface area contributed by atoms with Crippen molar-refractivity contribution in [2.75, 3.05) is 6.54 Å². The van der Waals surface area contributed by atoms with Crippen LogP contribution in [0.15, 0.2) is 65.9 Å².